The van der Waals surface area contributed by atoms with Crippen molar-refractivity contribution in [3.8, 4) is 0 Å². The maximum atomic E-state index is 11.4. The van der Waals surface area contributed by atoms with Gasteiger partial charge in [-0.3, -0.25) is 24.1 Å². The number of rotatable bonds is 23. The van der Waals surface area contributed by atoms with Gasteiger partial charge in [-0.15, -0.1) is 0 Å². The number of aliphatic hydroxyl groups excluding tert-OH is 1. The van der Waals surface area contributed by atoms with Crippen LogP contribution in [0, 0.1) is 65.1 Å². The molecular weight excluding hydrogens is 1040 g/mol. The molecule has 0 atom stereocenters. The van der Waals surface area contributed by atoms with Crippen molar-refractivity contribution in [2.45, 2.75) is 297 Å². The van der Waals surface area contributed by atoms with Crippen LogP contribution < -0.4 is 0 Å². The standard InChI is InChI=1S/C10H19NO.C10H21N.C7H15NO.C7H17N.C6H14O.C6H12O.C6H14.C5H12O.C5H10O.C5H12.C4H10.C3H8/c1-9(2)10(12)8-11-6-4-3-5-7-11;1-10(2)6-9-11-7-4-3-5-8-11;1-6(2)7(9)5-8(3)4;1-7(2)5-6-8(3)4;1-6(2)4-5-7-3;1-4-6(7)5(2)3;1-4-5-6(2)3;1-5(2)3-4-6;1-4(2)5(3)6;1-4-5(2)3;1-4(2)3;1-3-2/h9H,3-8H2,1-2H3;10H,3-9H2,1-2H3;6H,5H2,1-4H3;7H,5-6H2,1-4H3;6H,4-5H2,1-3H3;5H,4H2,1-3H3;6H,4-5H2,1-3H3;5-6H,3-4H2,1-2H3;4H,1-3H3;5H,4H2,1-3H3;4H,1-3H3;3H2,1-2H3. The van der Waals surface area contributed by atoms with Gasteiger partial charge in [0, 0.05) is 50.4 Å². The minimum Gasteiger partial charge on any atom is -0.396 e. The summed E-state index contributed by atoms with van der Waals surface area (Å²) in [6.07, 6.45) is 18.9. The first-order valence-corrected chi connectivity index (χ1v) is 34.6. The average Bonchev–Trinajstić information content (AvgIpc) is 3.38. The lowest BCUT2D eigenvalue weighted by Crippen LogP contribution is -2.35. The second kappa shape index (κ2) is 79.5. The normalized spacial score (nSPS) is 12.8. The van der Waals surface area contributed by atoms with Crippen LogP contribution in [0.4, 0.5) is 0 Å². The van der Waals surface area contributed by atoms with Crippen LogP contribution in [0.25, 0.3) is 0 Å². The van der Waals surface area contributed by atoms with Crippen LogP contribution in [0.3, 0.4) is 0 Å². The number of ether oxygens (including phenoxy) is 1. The second-order valence-corrected chi connectivity index (χ2v) is 28.1. The Labute approximate surface area is 532 Å². The molecule has 2 fully saturated rings. The van der Waals surface area contributed by atoms with E-state index in [0.717, 1.165) is 61.6 Å². The second-order valence-electron chi connectivity index (χ2n) is 28.1. The van der Waals surface area contributed by atoms with Gasteiger partial charge in [0.1, 0.15) is 23.1 Å². The van der Waals surface area contributed by atoms with E-state index in [0.29, 0.717) is 49.4 Å². The summed E-state index contributed by atoms with van der Waals surface area (Å²) in [6, 6.07) is 0. The molecule has 84 heavy (non-hydrogen) atoms. The highest BCUT2D eigenvalue weighted by Crippen LogP contribution is 2.11. The third-order valence-electron chi connectivity index (χ3n) is 12.3. The van der Waals surface area contributed by atoms with E-state index >= 15 is 0 Å². The molecule has 2 heterocycles. The van der Waals surface area contributed by atoms with E-state index in [1.165, 1.54) is 110 Å². The number of hydrogen-bond donors (Lipinski definition) is 1. The van der Waals surface area contributed by atoms with Gasteiger partial charge >= 0.3 is 0 Å². The molecule has 10 nitrogen and oxygen atoms in total. The van der Waals surface area contributed by atoms with Crippen molar-refractivity contribution in [3.63, 3.8) is 0 Å². The zero-order valence-electron chi connectivity index (χ0n) is 64.3. The molecule has 0 saturated carbocycles. The first-order chi connectivity index (χ1) is 38.7. The number of Topliss-reactive ketones (excluding diaryl/α,β-unsaturated/α-hetero) is 4. The average molecular weight is 1210 g/mol. The first kappa shape index (κ1) is 104. The maximum absolute atomic E-state index is 11.4. The van der Waals surface area contributed by atoms with Gasteiger partial charge in [-0.1, -0.05) is 232 Å². The zero-order chi connectivity index (χ0) is 68.4. The number of hydrogen-bond acceptors (Lipinski definition) is 10. The Kier molecular flexibility index (Phi) is 98.6. The Hall–Kier alpha value is -1.56. The summed E-state index contributed by atoms with van der Waals surface area (Å²) < 4.78 is 4.85. The molecule has 0 aromatic rings. The molecule has 0 amide bonds. The smallest absolute Gasteiger partial charge is 0.149 e. The molecular formula is C74H164N4O6. The fraction of sp³-hybridized carbons (Fsp3) is 0.946. The third-order valence-corrected chi connectivity index (χ3v) is 12.3. The van der Waals surface area contributed by atoms with E-state index in [4.69, 9.17) is 9.84 Å². The number of methoxy groups -OCH3 is 1. The van der Waals surface area contributed by atoms with Gasteiger partial charge in [0.05, 0.1) is 13.1 Å². The van der Waals surface area contributed by atoms with Crippen molar-refractivity contribution >= 4 is 23.1 Å². The summed E-state index contributed by atoms with van der Waals surface area (Å²) in [7, 11) is 9.77. The van der Waals surface area contributed by atoms with Gasteiger partial charge in [-0.25, -0.2) is 0 Å². The molecule has 2 rings (SSSR count). The van der Waals surface area contributed by atoms with Crippen LogP contribution in [0.1, 0.15) is 297 Å². The lowest BCUT2D eigenvalue weighted by Gasteiger charge is -2.26. The predicted molar refractivity (Wildman–Crippen MR) is 381 cm³/mol. The van der Waals surface area contributed by atoms with Gasteiger partial charge in [-0.2, -0.15) is 0 Å². The molecule has 0 unspecified atom stereocenters. The van der Waals surface area contributed by atoms with Crippen LogP contribution in [0.2, 0.25) is 0 Å². The van der Waals surface area contributed by atoms with Crippen LogP contribution in [-0.4, -0.2) is 149 Å². The summed E-state index contributed by atoms with van der Waals surface area (Å²) in [4.78, 5) is 51.9. The minimum absolute atomic E-state index is 0.174. The quantitative estimate of drug-likeness (QED) is 0.106. The Morgan fingerprint density at radius 2 is 0.786 bits per heavy atom. The molecule has 0 aliphatic carbocycles. The van der Waals surface area contributed by atoms with Crippen LogP contribution in [-0.2, 0) is 23.9 Å². The van der Waals surface area contributed by atoms with Gasteiger partial charge in [0.25, 0.3) is 0 Å². The number of nitrogens with zero attached hydrogens (tertiary/aromatic N) is 4. The highest BCUT2D eigenvalue weighted by Gasteiger charge is 2.15. The van der Waals surface area contributed by atoms with E-state index in [9.17, 15) is 19.2 Å². The largest absolute Gasteiger partial charge is 0.396 e. The number of likely N-dealkylation sites (N-methyl/N-ethyl adjacent to an activating group) is 1. The van der Waals surface area contributed by atoms with Crippen molar-refractivity contribution in [2.75, 3.05) is 101 Å². The SMILES string of the molecule is CC(=O)C(C)C.CC(C)C.CC(C)C(=O)CN(C)C.CC(C)C(=O)CN1CCCCC1.CC(C)CCN(C)C.CC(C)CCN1CCCCC1.CC(C)CCO.CCC.CCC(=O)C(C)C.CCC(C)C.CCCC(C)C.COCCC(C)C. The number of ketones is 4. The Morgan fingerprint density at radius 1 is 0.452 bits per heavy atom. The predicted octanol–water partition coefficient (Wildman–Crippen LogP) is 19.7. The van der Waals surface area contributed by atoms with Crippen LogP contribution in [0.15, 0.2) is 0 Å². The van der Waals surface area contributed by atoms with Crippen molar-refractivity contribution < 1.29 is 29.0 Å². The van der Waals surface area contributed by atoms with E-state index in [1.54, 1.807) is 14.0 Å². The van der Waals surface area contributed by atoms with Crippen LogP contribution >= 0.6 is 0 Å². The number of aliphatic hydroxyl groups is 1. The number of carbonyl (C=O) groups excluding carboxylic acids is 4. The molecule has 2 aliphatic rings. The molecule has 0 aromatic heterocycles. The molecule has 10 heteroatoms. The van der Waals surface area contributed by atoms with Crippen molar-refractivity contribution in [1.82, 2.24) is 19.6 Å². The fourth-order valence-electron chi connectivity index (χ4n) is 5.75. The Bertz CT molecular complexity index is 1230. The molecule has 0 spiro atoms. The number of likely N-dealkylation sites (tertiary alicyclic amines) is 2. The van der Waals surface area contributed by atoms with Crippen molar-refractivity contribution in [2.24, 2.45) is 65.1 Å². The monoisotopic (exact) mass is 1210 g/mol. The Balaban J connectivity index is -0.0000000904. The molecule has 0 aromatic carbocycles. The van der Waals surface area contributed by atoms with Gasteiger partial charge in [0.15, 0.2) is 0 Å². The maximum Gasteiger partial charge on any atom is 0.149 e. The third kappa shape index (κ3) is 130. The highest BCUT2D eigenvalue weighted by atomic mass is 16.5. The molecule has 2 saturated heterocycles. The van der Waals surface area contributed by atoms with Crippen LogP contribution in [0.5, 0.6) is 0 Å². The summed E-state index contributed by atoms with van der Waals surface area (Å²) in [5.74, 6) is 7.87. The van der Waals surface area contributed by atoms with E-state index in [2.05, 4.69) is 160 Å². The Morgan fingerprint density at radius 3 is 0.940 bits per heavy atom. The van der Waals surface area contributed by atoms with Gasteiger partial charge in [-0.05, 0) is 167 Å². The van der Waals surface area contributed by atoms with Crippen molar-refractivity contribution in [1.29, 1.82) is 0 Å². The minimum atomic E-state index is 0.174. The molecule has 0 radical (unpaired) electrons. The number of piperidine rings is 2. The first-order valence-electron chi connectivity index (χ1n) is 34.6. The lowest BCUT2D eigenvalue weighted by atomic mass is 10.1. The topological polar surface area (TPSA) is 111 Å². The summed E-state index contributed by atoms with van der Waals surface area (Å²) >= 11 is 0. The molecule has 516 valence electrons. The van der Waals surface area contributed by atoms with E-state index < -0.39 is 0 Å². The summed E-state index contributed by atoms with van der Waals surface area (Å²) in [5, 5.41) is 8.24. The summed E-state index contributed by atoms with van der Waals surface area (Å²) in [5.41, 5.74) is 0. The molecule has 2 aliphatic heterocycles. The molecule has 1 N–H and O–H groups in total. The van der Waals surface area contributed by atoms with Gasteiger partial charge in [0.2, 0.25) is 0 Å². The zero-order valence-corrected chi connectivity index (χ0v) is 64.3. The lowest BCUT2D eigenvalue weighted by molar-refractivity contribution is -0.123. The van der Waals surface area contributed by atoms with E-state index in [1.807, 2.05) is 81.3 Å². The molecule has 0 bridgehead atoms. The highest BCUT2D eigenvalue weighted by molar-refractivity contribution is 5.82. The van der Waals surface area contributed by atoms with Gasteiger partial charge < -0.3 is 24.5 Å². The van der Waals surface area contributed by atoms with E-state index in [-0.39, 0.29) is 29.5 Å². The fourth-order valence-corrected chi connectivity index (χ4v) is 5.75. The number of carbonyl (C=O) groups is 4. The van der Waals surface area contributed by atoms with Crippen molar-refractivity contribution in [3.05, 3.63) is 0 Å². The summed E-state index contributed by atoms with van der Waals surface area (Å²) in [6.45, 7) is 70.7.